The molecule has 128 valence electrons. The van der Waals surface area contributed by atoms with E-state index >= 15 is 0 Å². The van der Waals surface area contributed by atoms with Gasteiger partial charge in [0.2, 0.25) is 11.0 Å². The number of aryl methyl sites for hydroxylation is 1. The minimum absolute atomic E-state index is 0.0899. The number of amides is 1. The molecule has 1 amide bonds. The van der Waals surface area contributed by atoms with Crippen molar-refractivity contribution in [1.82, 2.24) is 10.2 Å². The van der Waals surface area contributed by atoms with Gasteiger partial charge in [0.1, 0.15) is 5.01 Å². The Balaban J connectivity index is 1.49. The fourth-order valence-corrected chi connectivity index (χ4v) is 3.63. The minimum Gasteiger partial charge on any atom is -0.300 e. The van der Waals surface area contributed by atoms with Crippen molar-refractivity contribution in [3.05, 3.63) is 77.9 Å². The first-order valence-corrected chi connectivity index (χ1v) is 9.18. The lowest BCUT2D eigenvalue weighted by atomic mass is 10.0. The third-order valence-electron chi connectivity index (χ3n) is 4.20. The van der Waals surface area contributed by atoms with Crippen LogP contribution in [-0.4, -0.2) is 16.1 Å². The molecule has 0 unspecified atom stereocenters. The molecule has 26 heavy (non-hydrogen) atoms. The molecule has 1 aromatic heterocycles. The molecule has 5 heteroatoms. The normalized spacial score (nSPS) is 10.8. The molecule has 0 bridgehead atoms. The number of carbonyl (C=O) groups excluding carboxylic acids is 1. The van der Waals surface area contributed by atoms with Crippen molar-refractivity contribution < 1.29 is 4.79 Å². The minimum atomic E-state index is -0.0899. The van der Waals surface area contributed by atoms with Gasteiger partial charge in [-0.2, -0.15) is 0 Å². The highest BCUT2D eigenvalue weighted by Gasteiger charge is 2.11. The second kappa shape index (κ2) is 7.06. The van der Waals surface area contributed by atoms with Crippen LogP contribution in [0.15, 0.2) is 66.7 Å². The van der Waals surface area contributed by atoms with Crippen LogP contribution in [0.4, 0.5) is 5.13 Å². The first-order valence-electron chi connectivity index (χ1n) is 8.36. The van der Waals surface area contributed by atoms with Gasteiger partial charge < -0.3 is 5.32 Å². The molecule has 4 rings (SSSR count). The van der Waals surface area contributed by atoms with E-state index in [9.17, 15) is 4.79 Å². The van der Waals surface area contributed by atoms with Gasteiger partial charge in [0, 0.05) is 5.56 Å². The summed E-state index contributed by atoms with van der Waals surface area (Å²) in [5.74, 6) is -0.0899. The van der Waals surface area contributed by atoms with Gasteiger partial charge in [-0.25, -0.2) is 0 Å². The van der Waals surface area contributed by atoms with E-state index in [1.165, 1.54) is 16.9 Å². The van der Waals surface area contributed by atoms with Crippen LogP contribution in [0.5, 0.6) is 0 Å². The van der Waals surface area contributed by atoms with Gasteiger partial charge in [-0.1, -0.05) is 83.6 Å². The quantitative estimate of drug-likeness (QED) is 0.567. The molecule has 0 spiro atoms. The molecule has 4 aromatic rings. The molecule has 0 atom stereocenters. The second-order valence-corrected chi connectivity index (χ2v) is 7.12. The largest absolute Gasteiger partial charge is 0.300 e. The number of aromatic nitrogens is 2. The predicted octanol–water partition coefficient (Wildman–Crippen LogP) is 4.85. The molecule has 0 saturated heterocycles. The number of hydrogen-bond acceptors (Lipinski definition) is 4. The summed E-state index contributed by atoms with van der Waals surface area (Å²) in [6.45, 7) is 2.04. The summed E-state index contributed by atoms with van der Waals surface area (Å²) in [6, 6.07) is 22.2. The number of nitrogens with zero attached hydrogens (tertiary/aromatic N) is 2. The number of nitrogens with one attached hydrogen (secondary N) is 1. The van der Waals surface area contributed by atoms with E-state index in [4.69, 9.17) is 0 Å². The lowest BCUT2D eigenvalue weighted by Gasteiger charge is -2.06. The van der Waals surface area contributed by atoms with Crippen molar-refractivity contribution in [2.24, 2.45) is 0 Å². The van der Waals surface area contributed by atoms with Gasteiger partial charge in [0.05, 0.1) is 6.42 Å². The number of hydrogen-bond donors (Lipinski definition) is 1. The molecule has 1 N–H and O–H groups in total. The zero-order valence-electron chi connectivity index (χ0n) is 14.3. The van der Waals surface area contributed by atoms with E-state index in [1.807, 2.05) is 61.5 Å². The summed E-state index contributed by atoms with van der Waals surface area (Å²) in [6.07, 6.45) is 0.306. The SMILES string of the molecule is Cc1ccc(-c2nnc(NC(=O)Cc3cccc4ccccc34)s2)cc1. The molecule has 0 radical (unpaired) electrons. The van der Waals surface area contributed by atoms with Crippen molar-refractivity contribution in [2.75, 3.05) is 5.32 Å². The van der Waals surface area contributed by atoms with Crippen LogP contribution >= 0.6 is 11.3 Å². The Morgan fingerprint density at radius 1 is 0.962 bits per heavy atom. The lowest BCUT2D eigenvalue weighted by Crippen LogP contribution is -2.14. The standard InChI is InChI=1S/C21H17N3OS/c1-14-9-11-16(12-10-14)20-23-24-21(26-20)22-19(25)13-17-7-4-6-15-5-2-3-8-18(15)17/h2-12H,13H2,1H3,(H,22,24,25). The van der Waals surface area contributed by atoms with Crippen molar-refractivity contribution in [1.29, 1.82) is 0 Å². The number of anilines is 1. The van der Waals surface area contributed by atoms with Gasteiger partial charge in [0.15, 0.2) is 0 Å². The van der Waals surface area contributed by atoms with Crippen molar-refractivity contribution in [3.8, 4) is 10.6 Å². The van der Waals surface area contributed by atoms with Crippen molar-refractivity contribution in [3.63, 3.8) is 0 Å². The third kappa shape index (κ3) is 3.48. The van der Waals surface area contributed by atoms with E-state index in [2.05, 4.69) is 27.6 Å². The zero-order valence-corrected chi connectivity index (χ0v) is 15.1. The van der Waals surface area contributed by atoms with Crippen LogP contribution in [0, 0.1) is 6.92 Å². The average molecular weight is 359 g/mol. The maximum absolute atomic E-state index is 12.4. The van der Waals surface area contributed by atoms with E-state index in [1.54, 1.807) is 0 Å². The third-order valence-corrected chi connectivity index (χ3v) is 5.09. The maximum atomic E-state index is 12.4. The molecule has 0 aliphatic rings. The summed E-state index contributed by atoms with van der Waals surface area (Å²) >= 11 is 1.38. The van der Waals surface area contributed by atoms with Crippen molar-refractivity contribution >= 4 is 33.1 Å². The Labute approximate surface area is 155 Å². The van der Waals surface area contributed by atoms with E-state index in [0.29, 0.717) is 11.6 Å². The zero-order chi connectivity index (χ0) is 17.9. The van der Waals surface area contributed by atoms with Gasteiger partial charge in [-0.05, 0) is 23.3 Å². The molecule has 0 saturated carbocycles. The molecule has 0 aliphatic heterocycles. The van der Waals surface area contributed by atoms with Gasteiger partial charge in [-0.3, -0.25) is 4.79 Å². The van der Waals surface area contributed by atoms with Crippen molar-refractivity contribution in [2.45, 2.75) is 13.3 Å². The Bertz CT molecular complexity index is 1060. The fourth-order valence-electron chi connectivity index (χ4n) is 2.87. The molecule has 0 aliphatic carbocycles. The summed E-state index contributed by atoms with van der Waals surface area (Å²) < 4.78 is 0. The first-order chi connectivity index (χ1) is 12.7. The van der Waals surface area contributed by atoms with E-state index in [0.717, 1.165) is 26.9 Å². The molecular weight excluding hydrogens is 342 g/mol. The summed E-state index contributed by atoms with van der Waals surface area (Å²) in [4.78, 5) is 12.4. The molecular formula is C21H17N3OS. The highest BCUT2D eigenvalue weighted by Crippen LogP contribution is 2.27. The number of rotatable bonds is 4. The topological polar surface area (TPSA) is 54.9 Å². The van der Waals surface area contributed by atoms with Crippen LogP contribution in [0.1, 0.15) is 11.1 Å². The number of fused-ring (bicyclic) bond motifs is 1. The van der Waals surface area contributed by atoms with Crippen LogP contribution in [-0.2, 0) is 11.2 Å². The van der Waals surface area contributed by atoms with Crippen LogP contribution in [0.2, 0.25) is 0 Å². The van der Waals surface area contributed by atoms with Gasteiger partial charge in [-0.15, -0.1) is 10.2 Å². The van der Waals surface area contributed by atoms with Crippen LogP contribution in [0.25, 0.3) is 21.3 Å². The van der Waals surface area contributed by atoms with E-state index in [-0.39, 0.29) is 5.91 Å². The summed E-state index contributed by atoms with van der Waals surface area (Å²) in [5.41, 5.74) is 3.20. The Kier molecular flexibility index (Phi) is 4.46. The predicted molar refractivity (Wildman–Crippen MR) is 106 cm³/mol. The Morgan fingerprint density at radius 2 is 1.73 bits per heavy atom. The van der Waals surface area contributed by atoms with Gasteiger partial charge >= 0.3 is 0 Å². The van der Waals surface area contributed by atoms with Crippen LogP contribution < -0.4 is 5.32 Å². The highest BCUT2D eigenvalue weighted by molar-refractivity contribution is 7.18. The maximum Gasteiger partial charge on any atom is 0.230 e. The van der Waals surface area contributed by atoms with E-state index < -0.39 is 0 Å². The average Bonchev–Trinajstić information content (AvgIpc) is 3.11. The number of carbonyl (C=O) groups is 1. The summed E-state index contributed by atoms with van der Waals surface area (Å²) in [7, 11) is 0. The lowest BCUT2D eigenvalue weighted by molar-refractivity contribution is -0.115. The number of benzene rings is 3. The fraction of sp³-hybridized carbons (Fsp3) is 0.0952. The van der Waals surface area contributed by atoms with Gasteiger partial charge in [0.25, 0.3) is 0 Å². The monoisotopic (exact) mass is 359 g/mol. The molecule has 1 heterocycles. The Morgan fingerprint density at radius 3 is 2.58 bits per heavy atom. The molecule has 3 aromatic carbocycles. The molecule has 4 nitrogen and oxygen atoms in total. The second-order valence-electron chi connectivity index (χ2n) is 6.14. The smallest absolute Gasteiger partial charge is 0.230 e. The van der Waals surface area contributed by atoms with Crippen LogP contribution in [0.3, 0.4) is 0 Å². The first kappa shape index (κ1) is 16.4. The summed E-state index contributed by atoms with van der Waals surface area (Å²) in [5, 5.41) is 14.7. The molecule has 0 fully saturated rings. The highest BCUT2D eigenvalue weighted by atomic mass is 32.1. The Hall–Kier alpha value is -3.05.